The molecule has 0 atom stereocenters. The van der Waals surface area contributed by atoms with E-state index in [1.807, 2.05) is 12.1 Å². The minimum Gasteiger partial charge on any atom is -0.352 e. The molecule has 0 fully saturated rings. The Labute approximate surface area is 172 Å². The Kier molecular flexibility index (Phi) is 7.15. The zero-order valence-corrected chi connectivity index (χ0v) is 17.7. The molecule has 0 aliphatic heterocycles. The van der Waals surface area contributed by atoms with Crippen molar-refractivity contribution in [3.05, 3.63) is 65.2 Å². The summed E-state index contributed by atoms with van der Waals surface area (Å²) in [6.45, 7) is 6.60. The zero-order valence-electron chi connectivity index (χ0n) is 17.7. The van der Waals surface area contributed by atoms with Crippen LogP contribution in [0.1, 0.15) is 53.5 Å². The molecular weight excluding hydrogens is 366 g/mol. The Balaban J connectivity index is 1.80. The normalized spacial score (nSPS) is 10.9. The fourth-order valence-corrected chi connectivity index (χ4v) is 2.69. The van der Waals surface area contributed by atoms with Crippen LogP contribution in [-0.2, 0) is 10.2 Å². The summed E-state index contributed by atoms with van der Waals surface area (Å²) in [4.78, 5) is 37.7. The smallest absolute Gasteiger partial charge is 0.253 e. The van der Waals surface area contributed by atoms with Crippen molar-refractivity contribution < 1.29 is 14.4 Å². The summed E-state index contributed by atoms with van der Waals surface area (Å²) in [6.07, 6.45) is 0.157. The number of benzene rings is 2. The van der Waals surface area contributed by atoms with Gasteiger partial charge in [0.2, 0.25) is 5.91 Å². The number of hydrogen-bond donors (Lipinski definition) is 2. The SMILES string of the molecule is CN(C)C(=O)c1ccc(NC(=O)CCNC(=O)c2ccc(C(C)(C)C)cc2)cc1. The number of nitrogens with one attached hydrogen (secondary N) is 2. The lowest BCUT2D eigenvalue weighted by atomic mass is 9.87. The van der Waals surface area contributed by atoms with Crippen molar-refractivity contribution in [1.82, 2.24) is 10.2 Å². The van der Waals surface area contributed by atoms with Gasteiger partial charge in [-0.25, -0.2) is 0 Å². The molecule has 2 N–H and O–H groups in total. The number of amides is 3. The molecule has 154 valence electrons. The first-order valence-corrected chi connectivity index (χ1v) is 9.58. The zero-order chi connectivity index (χ0) is 21.6. The van der Waals surface area contributed by atoms with Crippen LogP contribution in [-0.4, -0.2) is 43.3 Å². The summed E-state index contributed by atoms with van der Waals surface area (Å²) in [5, 5.41) is 5.52. The fraction of sp³-hybridized carbons (Fsp3) is 0.348. The highest BCUT2D eigenvalue weighted by Crippen LogP contribution is 2.22. The predicted octanol–water partition coefficient (Wildman–Crippen LogP) is 3.44. The Bertz CT molecular complexity index is 864. The number of carbonyl (C=O) groups is 3. The van der Waals surface area contributed by atoms with Gasteiger partial charge >= 0.3 is 0 Å². The molecule has 2 aromatic carbocycles. The number of hydrogen-bond acceptors (Lipinski definition) is 3. The van der Waals surface area contributed by atoms with E-state index in [9.17, 15) is 14.4 Å². The molecule has 0 heterocycles. The average Bonchev–Trinajstić information content (AvgIpc) is 2.67. The van der Waals surface area contributed by atoms with Crippen LogP contribution in [0, 0.1) is 0 Å². The standard InChI is InChI=1S/C23H29N3O3/c1-23(2,3)18-10-6-16(7-11-18)21(28)24-15-14-20(27)25-19-12-8-17(9-13-19)22(29)26(4)5/h6-13H,14-15H2,1-5H3,(H,24,28)(H,25,27). The van der Waals surface area contributed by atoms with Gasteiger partial charge in [0.1, 0.15) is 0 Å². The summed E-state index contributed by atoms with van der Waals surface area (Å²) < 4.78 is 0. The molecule has 0 aliphatic carbocycles. The van der Waals surface area contributed by atoms with Gasteiger partial charge in [-0.1, -0.05) is 32.9 Å². The molecule has 6 nitrogen and oxygen atoms in total. The van der Waals surface area contributed by atoms with Crippen LogP contribution in [0.2, 0.25) is 0 Å². The fourth-order valence-electron chi connectivity index (χ4n) is 2.69. The monoisotopic (exact) mass is 395 g/mol. The third kappa shape index (κ3) is 6.45. The Morgan fingerprint density at radius 1 is 0.862 bits per heavy atom. The van der Waals surface area contributed by atoms with Gasteiger partial charge in [0.25, 0.3) is 11.8 Å². The van der Waals surface area contributed by atoms with Gasteiger partial charge in [-0.05, 0) is 47.4 Å². The van der Waals surface area contributed by atoms with Crippen LogP contribution < -0.4 is 10.6 Å². The van der Waals surface area contributed by atoms with E-state index >= 15 is 0 Å². The minimum absolute atomic E-state index is 0.0328. The number of rotatable bonds is 6. The predicted molar refractivity (Wildman–Crippen MR) is 115 cm³/mol. The van der Waals surface area contributed by atoms with Crippen LogP contribution in [0.3, 0.4) is 0 Å². The van der Waals surface area contributed by atoms with Crippen molar-refractivity contribution in [1.29, 1.82) is 0 Å². The van der Waals surface area contributed by atoms with Gasteiger partial charge < -0.3 is 15.5 Å². The molecule has 0 saturated heterocycles. The van der Waals surface area contributed by atoms with Crippen molar-refractivity contribution >= 4 is 23.4 Å². The second-order valence-electron chi connectivity index (χ2n) is 8.16. The maximum atomic E-state index is 12.2. The van der Waals surface area contributed by atoms with Gasteiger partial charge in [0.15, 0.2) is 0 Å². The van der Waals surface area contributed by atoms with E-state index in [2.05, 4.69) is 31.4 Å². The lowest BCUT2D eigenvalue weighted by Gasteiger charge is -2.19. The molecule has 0 spiro atoms. The average molecular weight is 396 g/mol. The van der Waals surface area contributed by atoms with E-state index in [0.29, 0.717) is 16.8 Å². The van der Waals surface area contributed by atoms with Crippen molar-refractivity contribution in [3.63, 3.8) is 0 Å². The third-order valence-electron chi connectivity index (χ3n) is 4.47. The second-order valence-corrected chi connectivity index (χ2v) is 8.16. The molecule has 0 unspecified atom stereocenters. The minimum atomic E-state index is -0.208. The molecular formula is C23H29N3O3. The quantitative estimate of drug-likeness (QED) is 0.786. The summed E-state index contributed by atoms with van der Waals surface area (Å²) in [5.74, 6) is -0.508. The van der Waals surface area contributed by atoms with Crippen molar-refractivity contribution in [2.24, 2.45) is 0 Å². The molecule has 0 aromatic heterocycles. The highest BCUT2D eigenvalue weighted by Gasteiger charge is 2.14. The van der Waals surface area contributed by atoms with Crippen LogP contribution in [0.15, 0.2) is 48.5 Å². The Morgan fingerprint density at radius 3 is 1.93 bits per heavy atom. The van der Waals surface area contributed by atoms with Crippen LogP contribution in [0.4, 0.5) is 5.69 Å². The second kappa shape index (κ2) is 9.37. The van der Waals surface area contributed by atoms with Crippen molar-refractivity contribution in [3.8, 4) is 0 Å². The van der Waals surface area contributed by atoms with E-state index in [-0.39, 0.29) is 36.1 Å². The molecule has 2 aromatic rings. The van der Waals surface area contributed by atoms with Gasteiger partial charge in [-0.2, -0.15) is 0 Å². The van der Waals surface area contributed by atoms with Gasteiger partial charge in [0.05, 0.1) is 0 Å². The Hall–Kier alpha value is -3.15. The molecule has 3 amide bonds. The van der Waals surface area contributed by atoms with E-state index in [0.717, 1.165) is 5.56 Å². The molecule has 0 radical (unpaired) electrons. The largest absolute Gasteiger partial charge is 0.352 e. The number of carbonyl (C=O) groups excluding carboxylic acids is 3. The summed E-state index contributed by atoms with van der Waals surface area (Å²) >= 11 is 0. The Morgan fingerprint density at radius 2 is 1.41 bits per heavy atom. The van der Waals surface area contributed by atoms with E-state index in [1.54, 1.807) is 50.5 Å². The molecule has 2 rings (SSSR count). The molecule has 6 heteroatoms. The molecule has 0 aliphatic rings. The first-order valence-electron chi connectivity index (χ1n) is 9.58. The lowest BCUT2D eigenvalue weighted by molar-refractivity contribution is -0.116. The van der Waals surface area contributed by atoms with Crippen molar-refractivity contribution in [2.75, 3.05) is 26.0 Å². The van der Waals surface area contributed by atoms with E-state index in [4.69, 9.17) is 0 Å². The first kappa shape index (κ1) is 22.1. The summed E-state index contributed by atoms with van der Waals surface area (Å²) in [6, 6.07) is 14.2. The third-order valence-corrected chi connectivity index (χ3v) is 4.47. The summed E-state index contributed by atoms with van der Waals surface area (Å²) in [5.41, 5.74) is 2.92. The van der Waals surface area contributed by atoms with Crippen molar-refractivity contribution in [2.45, 2.75) is 32.6 Å². The van der Waals surface area contributed by atoms with Crippen LogP contribution in [0.25, 0.3) is 0 Å². The molecule has 29 heavy (non-hydrogen) atoms. The maximum Gasteiger partial charge on any atom is 0.253 e. The summed E-state index contributed by atoms with van der Waals surface area (Å²) in [7, 11) is 3.37. The first-order chi connectivity index (χ1) is 13.6. The molecule has 0 bridgehead atoms. The lowest BCUT2D eigenvalue weighted by Crippen LogP contribution is -2.27. The van der Waals surface area contributed by atoms with Gasteiger partial charge in [0, 0.05) is 43.9 Å². The number of anilines is 1. The number of nitrogens with zero attached hydrogens (tertiary/aromatic N) is 1. The highest BCUT2D eigenvalue weighted by atomic mass is 16.2. The maximum absolute atomic E-state index is 12.2. The van der Waals surface area contributed by atoms with Gasteiger partial charge in [-0.3, -0.25) is 14.4 Å². The van der Waals surface area contributed by atoms with Gasteiger partial charge in [-0.15, -0.1) is 0 Å². The van der Waals surface area contributed by atoms with Crippen LogP contribution in [0.5, 0.6) is 0 Å². The topological polar surface area (TPSA) is 78.5 Å². The molecule has 0 saturated carbocycles. The van der Waals surface area contributed by atoms with E-state index in [1.165, 1.54) is 4.90 Å². The highest BCUT2D eigenvalue weighted by molar-refractivity contribution is 5.96. The van der Waals surface area contributed by atoms with E-state index < -0.39 is 0 Å². The van der Waals surface area contributed by atoms with Crippen LogP contribution >= 0.6 is 0 Å².